The van der Waals surface area contributed by atoms with Crippen LogP contribution in [0.1, 0.15) is 6.42 Å². The number of hydrogen-bond donors (Lipinski definition) is 1. The second-order valence-corrected chi connectivity index (χ2v) is 2.69. The minimum absolute atomic E-state index is 0.140. The van der Waals surface area contributed by atoms with Gasteiger partial charge < -0.3 is 10.5 Å². The Morgan fingerprint density at radius 2 is 2.09 bits per heavy atom. The van der Waals surface area contributed by atoms with Crippen molar-refractivity contribution in [2.24, 2.45) is 11.7 Å². The van der Waals surface area contributed by atoms with E-state index in [0.717, 1.165) is 0 Å². The van der Waals surface area contributed by atoms with Crippen LogP contribution in [0.25, 0.3) is 0 Å². The van der Waals surface area contributed by atoms with Gasteiger partial charge >= 0.3 is 6.18 Å². The highest BCUT2D eigenvalue weighted by Gasteiger charge is 2.42. The molecule has 1 heterocycles. The molecule has 1 fully saturated rings. The number of rotatable bonds is 1. The molecule has 0 bridgehead atoms. The molecule has 2 nitrogen and oxygen atoms in total. The summed E-state index contributed by atoms with van der Waals surface area (Å²) >= 11 is 0. The lowest BCUT2D eigenvalue weighted by Gasteiger charge is -2.20. The van der Waals surface area contributed by atoms with Crippen molar-refractivity contribution in [2.75, 3.05) is 13.2 Å². The Labute approximate surface area is 62.5 Å². The van der Waals surface area contributed by atoms with Crippen molar-refractivity contribution in [1.29, 1.82) is 0 Å². The van der Waals surface area contributed by atoms with Gasteiger partial charge in [-0.05, 0) is 6.42 Å². The zero-order chi connectivity index (χ0) is 8.48. The lowest BCUT2D eigenvalue weighted by atomic mass is 10.00. The minimum Gasteiger partial charge on any atom is -0.381 e. The van der Waals surface area contributed by atoms with Crippen molar-refractivity contribution >= 4 is 0 Å². The van der Waals surface area contributed by atoms with Crippen LogP contribution in [-0.4, -0.2) is 25.4 Å². The van der Waals surface area contributed by atoms with E-state index in [2.05, 4.69) is 0 Å². The molecular weight excluding hydrogens is 159 g/mol. The maximum absolute atomic E-state index is 11.9. The van der Waals surface area contributed by atoms with Gasteiger partial charge in [0.2, 0.25) is 0 Å². The smallest absolute Gasteiger partial charge is 0.381 e. The van der Waals surface area contributed by atoms with E-state index in [0.29, 0.717) is 13.0 Å². The molecule has 0 spiro atoms. The summed E-state index contributed by atoms with van der Waals surface area (Å²) in [5.41, 5.74) is 4.95. The van der Waals surface area contributed by atoms with Crippen LogP contribution in [0.4, 0.5) is 13.2 Å². The Balaban J connectivity index is 2.46. The highest BCUT2D eigenvalue weighted by molar-refractivity contribution is 4.81. The van der Waals surface area contributed by atoms with E-state index in [1.165, 1.54) is 0 Å². The summed E-state index contributed by atoms with van der Waals surface area (Å²) < 4.78 is 40.6. The second kappa shape index (κ2) is 2.98. The van der Waals surface area contributed by atoms with E-state index >= 15 is 0 Å². The summed E-state index contributed by atoms with van der Waals surface area (Å²) in [6.45, 7) is 0.537. The van der Waals surface area contributed by atoms with Crippen molar-refractivity contribution in [1.82, 2.24) is 0 Å². The van der Waals surface area contributed by atoms with E-state index in [1.54, 1.807) is 0 Å². The molecule has 66 valence electrons. The van der Waals surface area contributed by atoms with E-state index in [1.807, 2.05) is 0 Å². The molecule has 2 atom stereocenters. The van der Waals surface area contributed by atoms with Crippen molar-refractivity contribution in [3.05, 3.63) is 0 Å². The van der Waals surface area contributed by atoms with Crippen LogP contribution in [0.15, 0.2) is 0 Å². The van der Waals surface area contributed by atoms with Gasteiger partial charge in [0.05, 0.1) is 6.61 Å². The summed E-state index contributed by atoms with van der Waals surface area (Å²) in [5.74, 6) is -0.546. The molecular formula is C6H10F3NO. The standard InChI is InChI=1S/C6H10F3NO/c7-6(8,9)5(10)4-1-2-11-3-4/h4-5H,1-3,10H2/t4?,5-/m1/s1. The molecule has 11 heavy (non-hydrogen) atoms. The molecule has 0 aromatic carbocycles. The van der Waals surface area contributed by atoms with Crippen LogP contribution >= 0.6 is 0 Å². The minimum atomic E-state index is -4.28. The molecule has 0 amide bonds. The van der Waals surface area contributed by atoms with Gasteiger partial charge in [-0.1, -0.05) is 0 Å². The van der Waals surface area contributed by atoms with E-state index in [4.69, 9.17) is 10.5 Å². The topological polar surface area (TPSA) is 35.2 Å². The summed E-state index contributed by atoms with van der Waals surface area (Å²) in [4.78, 5) is 0. The normalized spacial score (nSPS) is 28.9. The van der Waals surface area contributed by atoms with Gasteiger partial charge in [0.25, 0.3) is 0 Å². The lowest BCUT2D eigenvalue weighted by molar-refractivity contribution is -0.158. The first kappa shape index (κ1) is 8.80. The van der Waals surface area contributed by atoms with Gasteiger partial charge in [-0.3, -0.25) is 0 Å². The molecule has 1 unspecified atom stereocenters. The molecule has 0 aliphatic carbocycles. The molecule has 0 aromatic rings. The zero-order valence-corrected chi connectivity index (χ0v) is 5.90. The van der Waals surface area contributed by atoms with Crippen LogP contribution in [0.5, 0.6) is 0 Å². The van der Waals surface area contributed by atoms with E-state index in [-0.39, 0.29) is 6.61 Å². The van der Waals surface area contributed by atoms with Gasteiger partial charge in [-0.15, -0.1) is 0 Å². The summed E-state index contributed by atoms with van der Waals surface area (Å²) in [7, 11) is 0. The first-order valence-electron chi connectivity index (χ1n) is 3.42. The molecule has 0 radical (unpaired) electrons. The van der Waals surface area contributed by atoms with E-state index < -0.39 is 18.1 Å². The lowest BCUT2D eigenvalue weighted by Crippen LogP contribution is -2.43. The summed E-state index contributed by atoms with van der Waals surface area (Å²) in [6, 6.07) is -1.72. The Hall–Kier alpha value is -0.290. The third-order valence-corrected chi connectivity index (χ3v) is 1.85. The molecule has 1 aliphatic rings. The Bertz CT molecular complexity index is 130. The summed E-state index contributed by atoms with van der Waals surface area (Å²) in [6.07, 6.45) is -3.86. The van der Waals surface area contributed by atoms with Crippen LogP contribution in [0, 0.1) is 5.92 Å². The van der Waals surface area contributed by atoms with Crippen LogP contribution < -0.4 is 5.73 Å². The first-order chi connectivity index (χ1) is 5.02. The Kier molecular flexibility index (Phi) is 2.39. The molecule has 0 aromatic heterocycles. The zero-order valence-electron chi connectivity index (χ0n) is 5.90. The van der Waals surface area contributed by atoms with Crippen molar-refractivity contribution in [2.45, 2.75) is 18.6 Å². The van der Waals surface area contributed by atoms with E-state index in [9.17, 15) is 13.2 Å². The SMILES string of the molecule is N[C@H](C1CCOC1)C(F)(F)F. The maximum Gasteiger partial charge on any atom is 0.403 e. The van der Waals surface area contributed by atoms with Crippen LogP contribution in [0.3, 0.4) is 0 Å². The second-order valence-electron chi connectivity index (χ2n) is 2.69. The fraction of sp³-hybridized carbons (Fsp3) is 1.00. The third kappa shape index (κ3) is 2.07. The molecule has 1 rings (SSSR count). The fourth-order valence-electron chi connectivity index (χ4n) is 1.10. The summed E-state index contributed by atoms with van der Waals surface area (Å²) in [5, 5.41) is 0. The number of hydrogen-bond acceptors (Lipinski definition) is 2. The highest BCUT2D eigenvalue weighted by Crippen LogP contribution is 2.28. The number of halogens is 3. The fourth-order valence-corrected chi connectivity index (χ4v) is 1.10. The first-order valence-corrected chi connectivity index (χ1v) is 3.42. The molecule has 5 heteroatoms. The van der Waals surface area contributed by atoms with Gasteiger partial charge in [-0.2, -0.15) is 13.2 Å². The Morgan fingerprint density at radius 3 is 2.45 bits per heavy atom. The molecule has 1 saturated heterocycles. The molecule has 0 saturated carbocycles. The predicted octanol–water partition coefficient (Wildman–Crippen LogP) is 0.912. The number of nitrogens with two attached hydrogens (primary N) is 1. The van der Waals surface area contributed by atoms with Crippen molar-refractivity contribution in [3.8, 4) is 0 Å². The van der Waals surface area contributed by atoms with Crippen LogP contribution in [-0.2, 0) is 4.74 Å². The Morgan fingerprint density at radius 1 is 1.45 bits per heavy atom. The van der Waals surface area contributed by atoms with Gasteiger partial charge in [-0.25, -0.2) is 0 Å². The van der Waals surface area contributed by atoms with Crippen LogP contribution in [0.2, 0.25) is 0 Å². The predicted molar refractivity (Wildman–Crippen MR) is 33.0 cm³/mol. The van der Waals surface area contributed by atoms with Gasteiger partial charge in [0.1, 0.15) is 6.04 Å². The molecule has 2 N–H and O–H groups in total. The molecule has 1 aliphatic heterocycles. The van der Waals surface area contributed by atoms with Gasteiger partial charge in [0.15, 0.2) is 0 Å². The monoisotopic (exact) mass is 169 g/mol. The van der Waals surface area contributed by atoms with Crippen molar-refractivity contribution in [3.63, 3.8) is 0 Å². The quantitative estimate of drug-likeness (QED) is 0.633. The maximum atomic E-state index is 11.9. The van der Waals surface area contributed by atoms with Crippen molar-refractivity contribution < 1.29 is 17.9 Å². The average Bonchev–Trinajstić information content (AvgIpc) is 2.34. The van der Waals surface area contributed by atoms with Gasteiger partial charge in [0, 0.05) is 12.5 Å². The number of ether oxygens (including phenoxy) is 1. The highest BCUT2D eigenvalue weighted by atomic mass is 19.4. The average molecular weight is 169 g/mol. The number of alkyl halides is 3. The third-order valence-electron chi connectivity index (χ3n) is 1.85. The largest absolute Gasteiger partial charge is 0.403 e.